The molecule has 0 radical (unpaired) electrons. The summed E-state index contributed by atoms with van der Waals surface area (Å²) in [4.78, 5) is 0. The molecule has 1 aliphatic carbocycles. The Morgan fingerprint density at radius 2 is 1.67 bits per heavy atom. The molecule has 0 saturated heterocycles. The van der Waals surface area contributed by atoms with Gasteiger partial charge in [0.25, 0.3) is 0 Å². The van der Waals surface area contributed by atoms with Crippen LogP contribution >= 0.6 is 0 Å². The van der Waals surface area contributed by atoms with E-state index in [9.17, 15) is 0 Å². The van der Waals surface area contributed by atoms with Crippen LogP contribution in [0.25, 0.3) is 0 Å². The molecule has 0 aromatic carbocycles. The molecule has 0 nitrogen and oxygen atoms in total. The number of hydrogen-bond acceptors (Lipinski definition) is 0. The molecule has 1 atom stereocenters. The van der Waals surface area contributed by atoms with Crippen LogP contribution in [0.15, 0.2) is 0 Å². The zero-order valence-electron chi connectivity index (χ0n) is 6.58. The third-order valence-corrected chi connectivity index (χ3v) is 3.01. The second-order valence-electron chi connectivity index (χ2n) is 3.17. The van der Waals surface area contributed by atoms with Crippen LogP contribution in [0.1, 0.15) is 40.0 Å². The van der Waals surface area contributed by atoms with E-state index in [4.69, 9.17) is 0 Å². The SMILES string of the molecule is CCC1(CC)CC1C.[Cl-]. The van der Waals surface area contributed by atoms with Crippen molar-refractivity contribution in [3.05, 3.63) is 0 Å². The molecular weight excluding hydrogens is 132 g/mol. The first-order chi connectivity index (χ1) is 3.75. The fourth-order valence-electron chi connectivity index (χ4n) is 1.79. The van der Waals surface area contributed by atoms with Crippen LogP contribution in [0.5, 0.6) is 0 Å². The summed E-state index contributed by atoms with van der Waals surface area (Å²) in [5.41, 5.74) is 0.792. The van der Waals surface area contributed by atoms with Gasteiger partial charge in [0.05, 0.1) is 0 Å². The molecule has 0 spiro atoms. The van der Waals surface area contributed by atoms with E-state index in [2.05, 4.69) is 20.8 Å². The van der Waals surface area contributed by atoms with E-state index in [1.165, 1.54) is 19.3 Å². The average Bonchev–Trinajstić information content (AvgIpc) is 2.43. The van der Waals surface area contributed by atoms with E-state index in [1.807, 2.05) is 0 Å². The molecule has 1 rings (SSSR count). The van der Waals surface area contributed by atoms with E-state index < -0.39 is 0 Å². The van der Waals surface area contributed by atoms with Crippen LogP contribution in [-0.2, 0) is 0 Å². The lowest BCUT2D eigenvalue weighted by Gasteiger charge is -2.07. The Kier molecular flexibility index (Phi) is 3.01. The third kappa shape index (κ3) is 1.40. The normalized spacial score (nSPS) is 29.0. The maximum absolute atomic E-state index is 2.37. The molecule has 1 heteroatoms. The van der Waals surface area contributed by atoms with Crippen molar-refractivity contribution in [2.75, 3.05) is 0 Å². The Bertz CT molecular complexity index is 79.1. The van der Waals surface area contributed by atoms with Crippen molar-refractivity contribution in [3.8, 4) is 0 Å². The topological polar surface area (TPSA) is 0 Å². The minimum absolute atomic E-state index is 0. The highest BCUT2D eigenvalue weighted by atomic mass is 35.5. The van der Waals surface area contributed by atoms with Gasteiger partial charge in [-0.3, -0.25) is 0 Å². The van der Waals surface area contributed by atoms with Gasteiger partial charge in [-0.15, -0.1) is 0 Å². The molecule has 0 amide bonds. The van der Waals surface area contributed by atoms with Crippen molar-refractivity contribution < 1.29 is 12.4 Å². The van der Waals surface area contributed by atoms with E-state index in [0.29, 0.717) is 0 Å². The minimum Gasteiger partial charge on any atom is -1.00 e. The molecule has 9 heavy (non-hydrogen) atoms. The van der Waals surface area contributed by atoms with E-state index in [1.54, 1.807) is 0 Å². The van der Waals surface area contributed by atoms with E-state index in [-0.39, 0.29) is 12.4 Å². The highest BCUT2D eigenvalue weighted by Gasteiger charge is 2.47. The molecule has 0 heterocycles. The van der Waals surface area contributed by atoms with Crippen molar-refractivity contribution >= 4 is 0 Å². The van der Waals surface area contributed by atoms with Crippen LogP contribution in [0, 0.1) is 11.3 Å². The zero-order chi connectivity index (χ0) is 6.20. The van der Waals surface area contributed by atoms with Gasteiger partial charge in [0.15, 0.2) is 0 Å². The van der Waals surface area contributed by atoms with Gasteiger partial charge in [0.2, 0.25) is 0 Å². The lowest BCUT2D eigenvalue weighted by molar-refractivity contribution is -0.00000197. The molecule has 56 valence electrons. The molecule has 1 aliphatic rings. The molecule has 0 bridgehead atoms. The summed E-state index contributed by atoms with van der Waals surface area (Å²) in [6.45, 7) is 6.99. The maximum Gasteiger partial charge on any atom is -0.0274 e. The highest BCUT2D eigenvalue weighted by Crippen LogP contribution is 2.57. The van der Waals surface area contributed by atoms with Gasteiger partial charge in [0, 0.05) is 0 Å². The smallest absolute Gasteiger partial charge is 0.0274 e. The lowest BCUT2D eigenvalue weighted by Crippen LogP contribution is -3.00. The summed E-state index contributed by atoms with van der Waals surface area (Å²) in [5, 5.41) is 0. The van der Waals surface area contributed by atoms with E-state index >= 15 is 0 Å². The van der Waals surface area contributed by atoms with Crippen molar-refractivity contribution in [1.82, 2.24) is 0 Å². The fraction of sp³-hybridized carbons (Fsp3) is 1.00. The summed E-state index contributed by atoms with van der Waals surface area (Å²) < 4.78 is 0. The van der Waals surface area contributed by atoms with Crippen molar-refractivity contribution in [2.24, 2.45) is 11.3 Å². The van der Waals surface area contributed by atoms with Crippen LogP contribution in [0.2, 0.25) is 0 Å². The molecule has 0 aromatic rings. The summed E-state index contributed by atoms with van der Waals surface area (Å²) in [6, 6.07) is 0. The van der Waals surface area contributed by atoms with Gasteiger partial charge in [-0.1, -0.05) is 33.6 Å². The van der Waals surface area contributed by atoms with Gasteiger partial charge >= 0.3 is 0 Å². The van der Waals surface area contributed by atoms with Gasteiger partial charge < -0.3 is 12.4 Å². The standard InChI is InChI=1S/C8H16.ClH/c1-4-8(5-2)6-7(8)3;/h7H,4-6H2,1-3H3;1H/p-1. The Morgan fingerprint density at radius 3 is 1.67 bits per heavy atom. The highest BCUT2D eigenvalue weighted by molar-refractivity contribution is 4.97. The molecule has 0 aromatic heterocycles. The van der Waals surface area contributed by atoms with Crippen LogP contribution in [0.3, 0.4) is 0 Å². The first-order valence-electron chi connectivity index (χ1n) is 3.75. The van der Waals surface area contributed by atoms with Crippen LogP contribution < -0.4 is 12.4 Å². The monoisotopic (exact) mass is 147 g/mol. The van der Waals surface area contributed by atoms with Gasteiger partial charge in [0.1, 0.15) is 0 Å². The van der Waals surface area contributed by atoms with Gasteiger partial charge in [-0.2, -0.15) is 0 Å². The van der Waals surface area contributed by atoms with Crippen LogP contribution in [0.4, 0.5) is 0 Å². The summed E-state index contributed by atoms with van der Waals surface area (Å²) in [6.07, 6.45) is 4.27. The quantitative estimate of drug-likeness (QED) is 0.509. The Hall–Kier alpha value is 0.290. The summed E-state index contributed by atoms with van der Waals surface area (Å²) in [5.74, 6) is 1.03. The molecule has 1 fully saturated rings. The lowest BCUT2D eigenvalue weighted by atomic mass is 9.98. The van der Waals surface area contributed by atoms with E-state index in [0.717, 1.165) is 11.3 Å². The molecule has 1 unspecified atom stereocenters. The second kappa shape index (κ2) is 2.92. The number of hydrogen-bond donors (Lipinski definition) is 0. The Balaban J connectivity index is 0.000000640. The van der Waals surface area contributed by atoms with Crippen LogP contribution in [-0.4, -0.2) is 0 Å². The van der Waals surface area contributed by atoms with Crippen molar-refractivity contribution in [2.45, 2.75) is 40.0 Å². The first-order valence-corrected chi connectivity index (χ1v) is 3.75. The minimum atomic E-state index is 0. The van der Waals surface area contributed by atoms with Gasteiger partial charge in [-0.25, -0.2) is 0 Å². The Labute approximate surface area is 64.4 Å². The van der Waals surface area contributed by atoms with Gasteiger partial charge in [-0.05, 0) is 17.8 Å². The third-order valence-electron chi connectivity index (χ3n) is 3.01. The molecule has 1 saturated carbocycles. The molecule has 0 aliphatic heterocycles. The predicted molar refractivity (Wildman–Crippen MR) is 36.8 cm³/mol. The molecular formula is C8H16Cl-. The Morgan fingerprint density at radius 1 is 1.33 bits per heavy atom. The predicted octanol–water partition coefficient (Wildman–Crippen LogP) is -0.163. The first kappa shape index (κ1) is 9.29. The van der Waals surface area contributed by atoms with Crippen molar-refractivity contribution in [1.29, 1.82) is 0 Å². The van der Waals surface area contributed by atoms with Crippen molar-refractivity contribution in [3.63, 3.8) is 0 Å². The summed E-state index contributed by atoms with van der Waals surface area (Å²) >= 11 is 0. The summed E-state index contributed by atoms with van der Waals surface area (Å²) in [7, 11) is 0. The number of halogens is 1. The largest absolute Gasteiger partial charge is 1.00 e. The number of rotatable bonds is 2. The second-order valence-corrected chi connectivity index (χ2v) is 3.17. The fourth-order valence-corrected chi connectivity index (χ4v) is 1.79. The maximum atomic E-state index is 2.37. The molecule has 0 N–H and O–H groups in total. The average molecular weight is 148 g/mol. The zero-order valence-corrected chi connectivity index (χ0v) is 7.33.